The number of hydrogen-bond acceptors (Lipinski definition) is 3. The highest BCUT2D eigenvalue weighted by Gasteiger charge is 2.61. The van der Waals surface area contributed by atoms with Crippen LogP contribution in [0.5, 0.6) is 0 Å². The molecule has 2 aromatic rings. The van der Waals surface area contributed by atoms with Gasteiger partial charge in [-0.1, -0.05) is 72.8 Å². The molecule has 2 fully saturated rings. The Balaban J connectivity index is 1.57. The topological polar surface area (TPSA) is 34.3 Å². The zero-order valence-electron chi connectivity index (χ0n) is 18.0. The fourth-order valence-electron chi connectivity index (χ4n) is 5.74. The van der Waals surface area contributed by atoms with Crippen molar-refractivity contribution in [1.29, 1.82) is 0 Å². The van der Waals surface area contributed by atoms with Crippen molar-refractivity contribution in [2.24, 2.45) is 0 Å². The van der Waals surface area contributed by atoms with E-state index in [9.17, 15) is 0 Å². The molecular weight excluding hydrogens is 384 g/mol. The first-order chi connectivity index (χ1) is 15.3. The van der Waals surface area contributed by atoms with Gasteiger partial charge in [0.05, 0.1) is 13.2 Å². The van der Waals surface area contributed by atoms with Crippen molar-refractivity contribution >= 4 is 0 Å². The van der Waals surface area contributed by atoms with Crippen molar-refractivity contribution < 1.29 is 14.2 Å². The Morgan fingerprint density at radius 3 is 1.39 bits per heavy atom. The lowest BCUT2D eigenvalue weighted by Gasteiger charge is -2.45. The second-order valence-corrected chi connectivity index (χ2v) is 9.19. The molecule has 3 nitrogen and oxygen atoms in total. The summed E-state index contributed by atoms with van der Waals surface area (Å²) < 4.78 is 19.7. The minimum Gasteiger partial charge on any atom is -0.369 e. The Hall–Kier alpha value is -2.20. The highest BCUT2D eigenvalue weighted by atomic mass is 16.6. The summed E-state index contributed by atoms with van der Waals surface area (Å²) in [7, 11) is 0. The molecule has 0 amide bonds. The smallest absolute Gasteiger partial charge is 0.144 e. The van der Waals surface area contributed by atoms with Gasteiger partial charge < -0.3 is 14.2 Å². The Kier molecular flexibility index (Phi) is 4.86. The lowest BCUT2D eigenvalue weighted by molar-refractivity contribution is -0.153. The van der Waals surface area contributed by atoms with Crippen LogP contribution < -0.4 is 0 Å². The maximum absolute atomic E-state index is 7.63. The highest BCUT2D eigenvalue weighted by molar-refractivity contribution is 5.43. The number of ether oxygens (including phenoxy) is 3. The van der Waals surface area contributed by atoms with Gasteiger partial charge in [-0.25, -0.2) is 0 Å². The van der Waals surface area contributed by atoms with Crippen LogP contribution in [-0.2, 0) is 25.4 Å². The van der Waals surface area contributed by atoms with Crippen molar-refractivity contribution in [2.75, 3.05) is 13.2 Å². The van der Waals surface area contributed by atoms with E-state index in [1.165, 1.54) is 35.1 Å². The maximum atomic E-state index is 7.63. The van der Waals surface area contributed by atoms with Crippen LogP contribution in [0.15, 0.2) is 84.0 Å². The molecular formula is C28H30O3. The van der Waals surface area contributed by atoms with Crippen LogP contribution in [0.4, 0.5) is 0 Å². The molecule has 0 saturated carbocycles. The Morgan fingerprint density at radius 1 is 0.645 bits per heavy atom. The number of benzene rings is 2. The SMILES string of the molecule is C1=C(C(OC(C2=CCCC2)(c2ccccc2)C2CO2)(c2ccccc2)C2CO2)CCC1. The third-order valence-electron chi connectivity index (χ3n) is 7.34. The van der Waals surface area contributed by atoms with E-state index in [0.717, 1.165) is 38.9 Å². The van der Waals surface area contributed by atoms with Gasteiger partial charge in [-0.3, -0.25) is 0 Å². The van der Waals surface area contributed by atoms with E-state index in [1.54, 1.807) is 0 Å². The van der Waals surface area contributed by atoms with Gasteiger partial charge in [0.15, 0.2) is 0 Å². The molecule has 6 rings (SSSR count). The van der Waals surface area contributed by atoms with Crippen LogP contribution in [0.2, 0.25) is 0 Å². The fourth-order valence-corrected chi connectivity index (χ4v) is 5.74. The van der Waals surface area contributed by atoms with E-state index in [1.807, 2.05) is 0 Å². The molecule has 160 valence electrons. The van der Waals surface area contributed by atoms with Crippen molar-refractivity contribution in [3.8, 4) is 0 Å². The largest absolute Gasteiger partial charge is 0.369 e. The molecule has 0 aromatic heterocycles. The number of hydrogen-bond donors (Lipinski definition) is 0. The second-order valence-electron chi connectivity index (χ2n) is 9.19. The molecule has 2 aliphatic heterocycles. The lowest BCUT2D eigenvalue weighted by Crippen LogP contribution is -2.49. The third-order valence-corrected chi connectivity index (χ3v) is 7.34. The summed E-state index contributed by atoms with van der Waals surface area (Å²) in [5.74, 6) is 0. The molecule has 4 unspecified atom stereocenters. The first-order valence-corrected chi connectivity index (χ1v) is 11.8. The molecule has 0 radical (unpaired) electrons. The van der Waals surface area contributed by atoms with Crippen LogP contribution >= 0.6 is 0 Å². The van der Waals surface area contributed by atoms with Crippen LogP contribution in [0.1, 0.15) is 49.7 Å². The lowest BCUT2D eigenvalue weighted by atomic mass is 9.77. The van der Waals surface area contributed by atoms with Crippen LogP contribution in [0.3, 0.4) is 0 Å². The van der Waals surface area contributed by atoms with Gasteiger partial charge in [-0.15, -0.1) is 0 Å². The second kappa shape index (κ2) is 7.74. The number of epoxide rings is 2. The Morgan fingerprint density at radius 2 is 1.06 bits per heavy atom. The molecule has 2 saturated heterocycles. The van der Waals surface area contributed by atoms with Crippen LogP contribution in [-0.4, -0.2) is 25.4 Å². The van der Waals surface area contributed by atoms with Gasteiger partial charge in [0.25, 0.3) is 0 Å². The molecule has 4 atom stereocenters. The van der Waals surface area contributed by atoms with Crippen LogP contribution in [0, 0.1) is 0 Å². The van der Waals surface area contributed by atoms with Crippen molar-refractivity contribution in [1.82, 2.24) is 0 Å². The van der Waals surface area contributed by atoms with E-state index >= 15 is 0 Å². The molecule has 2 aliphatic carbocycles. The quantitative estimate of drug-likeness (QED) is 0.404. The summed E-state index contributed by atoms with van der Waals surface area (Å²) in [6.45, 7) is 1.48. The van der Waals surface area contributed by atoms with Gasteiger partial charge in [-0.05, 0) is 60.8 Å². The predicted octanol–water partition coefficient (Wildman–Crippen LogP) is 5.81. The number of allylic oxidation sites excluding steroid dienone is 2. The first kappa shape index (κ1) is 19.5. The predicted molar refractivity (Wildman–Crippen MR) is 121 cm³/mol. The van der Waals surface area contributed by atoms with Gasteiger partial charge in [0.1, 0.15) is 23.4 Å². The van der Waals surface area contributed by atoms with Crippen molar-refractivity contribution in [2.45, 2.75) is 61.9 Å². The fraction of sp³-hybridized carbons (Fsp3) is 0.429. The van der Waals surface area contributed by atoms with Gasteiger partial charge in [-0.2, -0.15) is 0 Å². The zero-order chi connectivity index (χ0) is 20.7. The molecule has 4 aliphatic rings. The molecule has 0 spiro atoms. The summed E-state index contributed by atoms with van der Waals surface area (Å²) in [4.78, 5) is 0. The Labute approximate surface area is 184 Å². The van der Waals surface area contributed by atoms with E-state index in [-0.39, 0.29) is 12.2 Å². The van der Waals surface area contributed by atoms with Gasteiger partial charge in [0, 0.05) is 0 Å². The monoisotopic (exact) mass is 414 g/mol. The molecule has 0 N–H and O–H groups in total. The normalized spacial score (nSPS) is 28.4. The first-order valence-electron chi connectivity index (χ1n) is 11.8. The zero-order valence-corrected chi connectivity index (χ0v) is 18.0. The summed E-state index contributed by atoms with van der Waals surface area (Å²) in [6.07, 6.45) is 11.6. The standard InChI is InChI=1S/C28H30O3/c1-3-11-21(12-4-1)27(25-19-29-25,23-15-7-8-16-23)31-28(26-20-30-26,24-17-9-10-18-24)22-13-5-2-6-14-22/h1-6,11-15,17,25-26H,7-10,16,18-20H2. The number of rotatable bonds is 8. The minimum atomic E-state index is -0.580. The molecule has 31 heavy (non-hydrogen) atoms. The summed E-state index contributed by atoms with van der Waals surface area (Å²) >= 11 is 0. The Bertz CT molecular complexity index is 906. The molecule has 0 bridgehead atoms. The van der Waals surface area contributed by atoms with E-state index in [2.05, 4.69) is 72.8 Å². The molecule has 3 heteroatoms. The summed E-state index contributed by atoms with van der Waals surface area (Å²) in [5.41, 5.74) is 3.99. The summed E-state index contributed by atoms with van der Waals surface area (Å²) in [6, 6.07) is 21.5. The molecule has 2 aromatic carbocycles. The van der Waals surface area contributed by atoms with E-state index in [4.69, 9.17) is 14.2 Å². The maximum Gasteiger partial charge on any atom is 0.144 e. The highest BCUT2D eigenvalue weighted by Crippen LogP contribution is 2.56. The van der Waals surface area contributed by atoms with Crippen LogP contribution in [0.25, 0.3) is 0 Å². The van der Waals surface area contributed by atoms with Gasteiger partial charge >= 0.3 is 0 Å². The average molecular weight is 415 g/mol. The van der Waals surface area contributed by atoms with E-state index in [0.29, 0.717) is 0 Å². The molecule has 2 heterocycles. The third kappa shape index (κ3) is 3.22. The van der Waals surface area contributed by atoms with Crippen molar-refractivity contribution in [3.05, 3.63) is 95.1 Å². The van der Waals surface area contributed by atoms with E-state index < -0.39 is 11.2 Å². The summed E-state index contributed by atoms with van der Waals surface area (Å²) in [5, 5.41) is 0. The minimum absolute atomic E-state index is 0.0445. The van der Waals surface area contributed by atoms with Gasteiger partial charge in [0.2, 0.25) is 0 Å². The average Bonchev–Trinajstić information content (AvgIpc) is 3.74. The van der Waals surface area contributed by atoms with Crippen molar-refractivity contribution in [3.63, 3.8) is 0 Å².